The van der Waals surface area contributed by atoms with E-state index in [9.17, 15) is 4.79 Å². The van der Waals surface area contributed by atoms with Crippen molar-refractivity contribution < 1.29 is 4.79 Å². The van der Waals surface area contributed by atoms with Gasteiger partial charge in [0.2, 0.25) is 5.91 Å². The summed E-state index contributed by atoms with van der Waals surface area (Å²) < 4.78 is 1.93. The molecule has 25 heavy (non-hydrogen) atoms. The third kappa shape index (κ3) is 4.06. The van der Waals surface area contributed by atoms with Gasteiger partial charge in [-0.05, 0) is 32.3 Å². The summed E-state index contributed by atoms with van der Waals surface area (Å²) in [7, 11) is 5.86. The average Bonchev–Trinajstić information content (AvgIpc) is 3.05. The SMILES string of the molecule is CN(C)CCN(C)C(=O)Cn1cccc2cc(-c3ccccc3)nc1-2. The molecule has 130 valence electrons. The molecule has 0 atom stereocenters. The molecule has 5 nitrogen and oxygen atoms in total. The second-order valence-electron chi connectivity index (χ2n) is 6.54. The number of aromatic nitrogens is 2. The average molecular weight is 336 g/mol. The topological polar surface area (TPSA) is 41.4 Å². The van der Waals surface area contributed by atoms with E-state index in [0.717, 1.165) is 29.2 Å². The summed E-state index contributed by atoms with van der Waals surface area (Å²) in [6.07, 6.45) is 1.92. The predicted octanol–water partition coefficient (Wildman–Crippen LogP) is 2.67. The standard InChI is InChI=1S/C20H24N4O/c1-22(2)12-13-23(3)19(25)15-24-11-7-10-17-14-18(21-20(17)24)16-8-5-4-6-9-16/h4-11,14H,12-13,15H2,1-3H3. The van der Waals surface area contributed by atoms with Gasteiger partial charge in [0, 0.05) is 37.5 Å². The van der Waals surface area contributed by atoms with Gasteiger partial charge in [0.25, 0.3) is 0 Å². The highest BCUT2D eigenvalue weighted by Crippen LogP contribution is 2.28. The maximum absolute atomic E-state index is 12.5. The van der Waals surface area contributed by atoms with E-state index in [2.05, 4.69) is 11.0 Å². The molecule has 0 aliphatic carbocycles. The largest absolute Gasteiger partial charge is 0.343 e. The second-order valence-corrected chi connectivity index (χ2v) is 6.54. The van der Waals surface area contributed by atoms with E-state index in [1.54, 1.807) is 4.90 Å². The minimum absolute atomic E-state index is 0.0867. The Morgan fingerprint density at radius 1 is 1.00 bits per heavy atom. The summed E-state index contributed by atoms with van der Waals surface area (Å²) in [4.78, 5) is 21.1. The first-order chi connectivity index (χ1) is 12.0. The number of hydrogen-bond acceptors (Lipinski definition) is 3. The zero-order chi connectivity index (χ0) is 17.8. The summed E-state index contributed by atoms with van der Waals surface area (Å²) in [5.74, 6) is 0.930. The fourth-order valence-electron chi connectivity index (χ4n) is 2.72. The number of fused-ring (bicyclic) bond motifs is 1. The lowest BCUT2D eigenvalue weighted by Crippen LogP contribution is -2.35. The van der Waals surface area contributed by atoms with Gasteiger partial charge in [-0.3, -0.25) is 4.79 Å². The summed E-state index contributed by atoms with van der Waals surface area (Å²) >= 11 is 0. The molecule has 0 saturated carbocycles. The lowest BCUT2D eigenvalue weighted by Gasteiger charge is -2.21. The highest BCUT2D eigenvalue weighted by molar-refractivity contribution is 5.77. The molecule has 0 fully saturated rings. The number of carbonyl (C=O) groups excluding carboxylic acids is 1. The van der Waals surface area contributed by atoms with Crippen LogP contribution in [0.15, 0.2) is 54.7 Å². The molecule has 0 unspecified atom stereocenters. The van der Waals surface area contributed by atoms with E-state index in [-0.39, 0.29) is 5.91 Å². The lowest BCUT2D eigenvalue weighted by atomic mass is 10.1. The minimum atomic E-state index is 0.0867. The Labute approximate surface area is 148 Å². The van der Waals surface area contributed by atoms with Crippen molar-refractivity contribution >= 4 is 5.91 Å². The van der Waals surface area contributed by atoms with Gasteiger partial charge >= 0.3 is 0 Å². The molecule has 0 saturated heterocycles. The molecule has 0 aromatic heterocycles. The monoisotopic (exact) mass is 336 g/mol. The van der Waals surface area contributed by atoms with Crippen molar-refractivity contribution in [1.82, 2.24) is 19.4 Å². The van der Waals surface area contributed by atoms with Crippen LogP contribution < -0.4 is 0 Å². The van der Waals surface area contributed by atoms with Crippen LogP contribution in [0.2, 0.25) is 0 Å². The summed E-state index contributed by atoms with van der Waals surface area (Å²) in [6.45, 7) is 1.86. The van der Waals surface area contributed by atoms with Crippen molar-refractivity contribution in [2.75, 3.05) is 34.2 Å². The van der Waals surface area contributed by atoms with Gasteiger partial charge in [-0.15, -0.1) is 0 Å². The summed E-state index contributed by atoms with van der Waals surface area (Å²) in [5, 5.41) is 0. The summed E-state index contributed by atoms with van der Waals surface area (Å²) in [5.41, 5.74) is 3.06. The molecule has 2 aliphatic rings. The van der Waals surface area contributed by atoms with Crippen LogP contribution in [-0.4, -0.2) is 59.5 Å². The third-order valence-electron chi connectivity index (χ3n) is 4.27. The Bertz CT molecular complexity index is 810. The first-order valence-corrected chi connectivity index (χ1v) is 8.44. The molecule has 3 rings (SSSR count). The van der Waals surface area contributed by atoms with E-state index >= 15 is 0 Å². The molecule has 1 aromatic carbocycles. The van der Waals surface area contributed by atoms with Gasteiger partial charge in [0.1, 0.15) is 12.4 Å². The molecule has 5 heteroatoms. The molecule has 0 bridgehead atoms. The molecule has 0 spiro atoms. The molecule has 1 amide bonds. The number of rotatable bonds is 6. The van der Waals surface area contributed by atoms with Gasteiger partial charge in [-0.25, -0.2) is 4.98 Å². The van der Waals surface area contributed by atoms with E-state index in [0.29, 0.717) is 13.1 Å². The van der Waals surface area contributed by atoms with E-state index in [4.69, 9.17) is 4.98 Å². The normalized spacial score (nSPS) is 11.2. The van der Waals surface area contributed by atoms with E-state index in [1.165, 1.54) is 0 Å². The molecule has 2 aliphatic heterocycles. The molecule has 0 radical (unpaired) electrons. The Hall–Kier alpha value is -2.66. The maximum Gasteiger partial charge on any atom is 0.242 e. The predicted molar refractivity (Wildman–Crippen MR) is 100 cm³/mol. The van der Waals surface area contributed by atoms with Crippen LogP contribution in [0.3, 0.4) is 0 Å². The number of likely N-dealkylation sites (N-methyl/N-ethyl adjacent to an activating group) is 2. The van der Waals surface area contributed by atoms with E-state index < -0.39 is 0 Å². The maximum atomic E-state index is 12.5. The van der Waals surface area contributed by atoms with Crippen LogP contribution in [0.25, 0.3) is 22.6 Å². The van der Waals surface area contributed by atoms with Gasteiger partial charge in [0.05, 0.1) is 5.69 Å². The number of carbonyl (C=O) groups is 1. The van der Waals surface area contributed by atoms with Crippen LogP contribution in [-0.2, 0) is 11.3 Å². The van der Waals surface area contributed by atoms with Gasteiger partial charge in [-0.2, -0.15) is 0 Å². The fraction of sp³-hybridized carbons (Fsp3) is 0.300. The van der Waals surface area contributed by atoms with Crippen LogP contribution in [0.4, 0.5) is 0 Å². The number of benzene rings is 1. The molecule has 1 aromatic rings. The number of pyridine rings is 1. The molecule has 0 N–H and O–H groups in total. The molecule has 2 heterocycles. The van der Waals surface area contributed by atoms with Gasteiger partial charge in [-0.1, -0.05) is 30.3 Å². The van der Waals surface area contributed by atoms with Crippen molar-refractivity contribution in [1.29, 1.82) is 0 Å². The Morgan fingerprint density at radius 3 is 2.44 bits per heavy atom. The highest BCUT2D eigenvalue weighted by atomic mass is 16.2. The minimum Gasteiger partial charge on any atom is -0.343 e. The van der Waals surface area contributed by atoms with Crippen molar-refractivity contribution in [3.8, 4) is 22.6 Å². The number of nitrogens with zero attached hydrogens (tertiary/aromatic N) is 4. The van der Waals surface area contributed by atoms with Gasteiger partial charge in [0.15, 0.2) is 0 Å². The zero-order valence-electron chi connectivity index (χ0n) is 15.0. The van der Waals surface area contributed by atoms with Gasteiger partial charge < -0.3 is 14.4 Å². The van der Waals surface area contributed by atoms with Crippen LogP contribution in [0.5, 0.6) is 0 Å². The number of hydrogen-bond donors (Lipinski definition) is 0. The van der Waals surface area contributed by atoms with Crippen molar-refractivity contribution in [3.05, 3.63) is 54.7 Å². The second kappa shape index (κ2) is 7.49. The van der Waals surface area contributed by atoms with Crippen molar-refractivity contribution in [3.63, 3.8) is 0 Å². The first kappa shape index (κ1) is 17.2. The van der Waals surface area contributed by atoms with E-state index in [1.807, 2.05) is 74.4 Å². The lowest BCUT2D eigenvalue weighted by molar-refractivity contribution is -0.130. The Morgan fingerprint density at radius 2 is 1.72 bits per heavy atom. The van der Waals surface area contributed by atoms with Crippen LogP contribution in [0.1, 0.15) is 0 Å². The van der Waals surface area contributed by atoms with Crippen LogP contribution >= 0.6 is 0 Å². The summed E-state index contributed by atoms with van der Waals surface area (Å²) in [6, 6.07) is 16.2. The quantitative estimate of drug-likeness (QED) is 0.695. The molecular formula is C20H24N4O. The number of amides is 1. The smallest absolute Gasteiger partial charge is 0.242 e. The van der Waals surface area contributed by atoms with Crippen LogP contribution in [0, 0.1) is 0 Å². The van der Waals surface area contributed by atoms with Crippen molar-refractivity contribution in [2.24, 2.45) is 0 Å². The van der Waals surface area contributed by atoms with Crippen molar-refractivity contribution in [2.45, 2.75) is 6.54 Å². The molecular weight excluding hydrogens is 312 g/mol. The first-order valence-electron chi connectivity index (χ1n) is 8.44. The zero-order valence-corrected chi connectivity index (χ0v) is 15.0. The highest BCUT2D eigenvalue weighted by Gasteiger charge is 2.16. The fourth-order valence-corrected chi connectivity index (χ4v) is 2.72. The Balaban J connectivity index is 1.81. The third-order valence-corrected chi connectivity index (χ3v) is 4.27. The Kier molecular flexibility index (Phi) is 5.14.